The normalized spacial score (nSPS) is 15.3. The van der Waals surface area contributed by atoms with E-state index in [9.17, 15) is 9.32 Å². The van der Waals surface area contributed by atoms with Gasteiger partial charge in [0, 0.05) is 34.5 Å². The Bertz CT molecular complexity index is 640. The number of nitrogens with one attached hydrogen (secondary N) is 1. The van der Waals surface area contributed by atoms with Crippen molar-refractivity contribution in [1.82, 2.24) is 5.32 Å². The van der Waals surface area contributed by atoms with Crippen molar-refractivity contribution in [3.05, 3.63) is 65.2 Å². The Hall–Kier alpha value is -1.49. The predicted octanol–water partition coefficient (Wildman–Crippen LogP) is 3.12. The summed E-state index contributed by atoms with van der Waals surface area (Å²) in [4.78, 5) is 0.829. The van der Waals surface area contributed by atoms with Crippen molar-refractivity contribution in [1.29, 1.82) is 0 Å². The fourth-order valence-corrected chi connectivity index (χ4v) is 2.87. The smallest absolute Gasteiger partial charge is 0.0914 e. The number of rotatable bonds is 6. The van der Waals surface area contributed by atoms with Gasteiger partial charge in [-0.05, 0) is 37.1 Å². The molecule has 3 unspecified atom stereocenters. The fraction of sp³-hybridized carbons (Fsp3) is 0.333. The molecule has 3 atom stereocenters. The largest absolute Gasteiger partial charge is 0.387 e. The van der Waals surface area contributed by atoms with Crippen LogP contribution in [0.2, 0.25) is 0 Å². The van der Waals surface area contributed by atoms with Gasteiger partial charge in [0.05, 0.1) is 6.10 Å². The lowest BCUT2D eigenvalue weighted by atomic mass is 10.1. The molecule has 0 fully saturated rings. The highest BCUT2D eigenvalue weighted by Gasteiger charge is 2.11. The van der Waals surface area contributed by atoms with Gasteiger partial charge in [-0.3, -0.25) is 4.21 Å². The molecule has 0 saturated carbocycles. The van der Waals surface area contributed by atoms with Crippen molar-refractivity contribution < 1.29 is 9.32 Å². The zero-order valence-corrected chi connectivity index (χ0v) is 14.1. The molecule has 0 amide bonds. The van der Waals surface area contributed by atoms with E-state index >= 15 is 0 Å². The van der Waals surface area contributed by atoms with Gasteiger partial charge in [-0.1, -0.05) is 42.0 Å². The molecule has 0 aromatic heterocycles. The lowest BCUT2D eigenvalue weighted by Crippen LogP contribution is -2.24. The molecule has 0 radical (unpaired) electrons. The molecule has 0 aliphatic carbocycles. The van der Waals surface area contributed by atoms with Gasteiger partial charge in [-0.25, -0.2) is 0 Å². The minimum absolute atomic E-state index is 0.124. The summed E-state index contributed by atoms with van der Waals surface area (Å²) in [5.74, 6) is 0. The molecule has 2 aromatic rings. The summed E-state index contributed by atoms with van der Waals surface area (Å²) in [6, 6.07) is 15.8. The first-order valence-corrected chi connectivity index (χ1v) is 8.94. The average molecular weight is 317 g/mol. The summed E-state index contributed by atoms with van der Waals surface area (Å²) >= 11 is 0. The Balaban J connectivity index is 1.94. The molecule has 0 bridgehead atoms. The Morgan fingerprint density at radius 3 is 2.41 bits per heavy atom. The van der Waals surface area contributed by atoms with Gasteiger partial charge in [-0.15, -0.1) is 0 Å². The number of benzene rings is 2. The van der Waals surface area contributed by atoms with Crippen molar-refractivity contribution in [2.45, 2.75) is 30.9 Å². The lowest BCUT2D eigenvalue weighted by Gasteiger charge is -2.18. The van der Waals surface area contributed by atoms with Crippen LogP contribution in [0, 0.1) is 6.92 Å². The van der Waals surface area contributed by atoms with E-state index in [1.165, 1.54) is 0 Å². The van der Waals surface area contributed by atoms with Crippen LogP contribution in [-0.4, -0.2) is 22.1 Å². The maximum absolute atomic E-state index is 11.4. The first-order chi connectivity index (χ1) is 10.5. The van der Waals surface area contributed by atoms with Crippen LogP contribution < -0.4 is 5.32 Å². The van der Waals surface area contributed by atoms with Crippen LogP contribution in [0.4, 0.5) is 0 Å². The lowest BCUT2D eigenvalue weighted by molar-refractivity contribution is 0.170. The molecule has 0 aliphatic rings. The first-order valence-electron chi connectivity index (χ1n) is 7.39. The summed E-state index contributed by atoms with van der Waals surface area (Å²) in [6.07, 6.45) is 1.15. The van der Waals surface area contributed by atoms with Crippen LogP contribution in [0.15, 0.2) is 53.4 Å². The van der Waals surface area contributed by atoms with Crippen LogP contribution in [0.25, 0.3) is 0 Å². The number of hydrogen-bond acceptors (Lipinski definition) is 3. The predicted molar refractivity (Wildman–Crippen MR) is 91.3 cm³/mol. The standard InChI is InChI=1S/C18H23NO2S/c1-13-5-4-6-16(11-13)18(20)12-19-14(2)15-7-9-17(10-8-15)22(3)21/h4-11,14,18-20H,12H2,1-3H3. The molecular formula is C18H23NO2S. The van der Waals surface area contributed by atoms with Gasteiger partial charge in [0.15, 0.2) is 0 Å². The third-order valence-electron chi connectivity index (χ3n) is 3.76. The molecule has 0 saturated heterocycles. The molecule has 0 spiro atoms. The van der Waals surface area contributed by atoms with Crippen molar-refractivity contribution in [2.24, 2.45) is 0 Å². The second-order valence-corrected chi connectivity index (χ2v) is 6.96. The van der Waals surface area contributed by atoms with E-state index in [-0.39, 0.29) is 6.04 Å². The molecule has 118 valence electrons. The van der Waals surface area contributed by atoms with Gasteiger partial charge in [-0.2, -0.15) is 0 Å². The first kappa shape index (κ1) is 16.9. The summed E-state index contributed by atoms with van der Waals surface area (Å²) in [7, 11) is -0.949. The molecule has 3 nitrogen and oxygen atoms in total. The van der Waals surface area contributed by atoms with Crippen LogP contribution in [0.3, 0.4) is 0 Å². The van der Waals surface area contributed by atoms with Crippen molar-refractivity contribution in [3.63, 3.8) is 0 Å². The van der Waals surface area contributed by atoms with Crippen LogP contribution in [0.1, 0.15) is 35.8 Å². The third-order valence-corrected chi connectivity index (χ3v) is 4.69. The highest BCUT2D eigenvalue weighted by molar-refractivity contribution is 7.84. The van der Waals surface area contributed by atoms with E-state index in [2.05, 4.69) is 12.2 Å². The Labute approximate surface area is 134 Å². The third kappa shape index (κ3) is 4.50. The Kier molecular flexibility index (Phi) is 5.89. The van der Waals surface area contributed by atoms with Gasteiger partial charge < -0.3 is 10.4 Å². The Morgan fingerprint density at radius 1 is 1.14 bits per heavy atom. The second-order valence-electron chi connectivity index (χ2n) is 5.58. The SMILES string of the molecule is Cc1cccc(C(O)CNC(C)c2ccc(S(C)=O)cc2)c1. The van der Waals surface area contributed by atoms with E-state index in [1.807, 2.05) is 55.5 Å². The number of aryl methyl sites for hydroxylation is 1. The molecule has 2 rings (SSSR count). The Morgan fingerprint density at radius 2 is 1.82 bits per heavy atom. The van der Waals surface area contributed by atoms with Gasteiger partial charge in [0.25, 0.3) is 0 Å². The van der Waals surface area contributed by atoms with Crippen molar-refractivity contribution in [3.8, 4) is 0 Å². The summed E-state index contributed by atoms with van der Waals surface area (Å²) in [6.45, 7) is 4.57. The van der Waals surface area contributed by atoms with E-state index in [0.29, 0.717) is 6.54 Å². The van der Waals surface area contributed by atoms with Crippen molar-refractivity contribution in [2.75, 3.05) is 12.8 Å². The maximum atomic E-state index is 11.4. The van der Waals surface area contributed by atoms with E-state index in [4.69, 9.17) is 0 Å². The monoisotopic (exact) mass is 317 g/mol. The van der Waals surface area contributed by atoms with Crippen LogP contribution >= 0.6 is 0 Å². The highest BCUT2D eigenvalue weighted by atomic mass is 32.2. The molecule has 0 heterocycles. The quantitative estimate of drug-likeness (QED) is 0.860. The molecule has 4 heteroatoms. The average Bonchev–Trinajstić information content (AvgIpc) is 2.52. The minimum Gasteiger partial charge on any atom is -0.387 e. The molecular weight excluding hydrogens is 294 g/mol. The molecule has 22 heavy (non-hydrogen) atoms. The zero-order chi connectivity index (χ0) is 16.1. The van der Waals surface area contributed by atoms with E-state index in [1.54, 1.807) is 6.26 Å². The summed E-state index contributed by atoms with van der Waals surface area (Å²) in [5.41, 5.74) is 3.19. The highest BCUT2D eigenvalue weighted by Crippen LogP contribution is 2.18. The second kappa shape index (κ2) is 7.68. The number of aliphatic hydroxyl groups is 1. The van der Waals surface area contributed by atoms with Gasteiger partial charge in [0.1, 0.15) is 0 Å². The summed E-state index contributed by atoms with van der Waals surface area (Å²) in [5, 5.41) is 13.6. The zero-order valence-electron chi connectivity index (χ0n) is 13.2. The topological polar surface area (TPSA) is 49.3 Å². The van der Waals surface area contributed by atoms with Gasteiger partial charge in [0.2, 0.25) is 0 Å². The van der Waals surface area contributed by atoms with Gasteiger partial charge >= 0.3 is 0 Å². The van der Waals surface area contributed by atoms with Crippen molar-refractivity contribution >= 4 is 10.8 Å². The molecule has 2 N–H and O–H groups in total. The van der Waals surface area contributed by atoms with E-state index < -0.39 is 16.9 Å². The number of aliphatic hydroxyl groups excluding tert-OH is 1. The molecule has 0 aliphatic heterocycles. The molecule has 2 aromatic carbocycles. The summed E-state index contributed by atoms with van der Waals surface area (Å²) < 4.78 is 11.4. The minimum atomic E-state index is -0.949. The van der Waals surface area contributed by atoms with Crippen LogP contribution in [-0.2, 0) is 10.8 Å². The maximum Gasteiger partial charge on any atom is 0.0914 e. The number of hydrogen-bond donors (Lipinski definition) is 2. The van der Waals surface area contributed by atoms with Crippen LogP contribution in [0.5, 0.6) is 0 Å². The van der Waals surface area contributed by atoms with E-state index in [0.717, 1.165) is 21.6 Å². The fourth-order valence-electron chi connectivity index (χ4n) is 2.35.